The molecule has 1 aromatic carbocycles. The van der Waals surface area contributed by atoms with Gasteiger partial charge in [-0.2, -0.15) is 0 Å². The van der Waals surface area contributed by atoms with E-state index in [2.05, 4.69) is 4.98 Å². The molecule has 2 amide bonds. The molecule has 1 N–H and O–H groups in total. The molecule has 2 aliphatic heterocycles. The van der Waals surface area contributed by atoms with E-state index >= 15 is 0 Å². The molecule has 1 unspecified atom stereocenters. The molecule has 2 saturated heterocycles. The smallest absolute Gasteiger partial charge is 0.253 e. The number of carbonyl (C=O) groups excluding carboxylic acids is 2. The maximum Gasteiger partial charge on any atom is 0.253 e. The lowest BCUT2D eigenvalue weighted by Crippen LogP contribution is -2.69. The van der Waals surface area contributed by atoms with Gasteiger partial charge >= 0.3 is 0 Å². The van der Waals surface area contributed by atoms with Crippen LogP contribution in [-0.4, -0.2) is 72.7 Å². The van der Waals surface area contributed by atoms with Gasteiger partial charge < -0.3 is 14.8 Å². The van der Waals surface area contributed by atoms with Crippen molar-refractivity contribution in [2.75, 3.05) is 32.9 Å². The fourth-order valence-electron chi connectivity index (χ4n) is 4.15. The number of amides is 2. The number of benzene rings is 1. The second-order valence-electron chi connectivity index (χ2n) is 7.40. The Kier molecular flexibility index (Phi) is 3.66. The van der Waals surface area contributed by atoms with E-state index in [1.54, 1.807) is 32.4 Å². The van der Waals surface area contributed by atoms with Crippen LogP contribution >= 0.6 is 0 Å². The summed E-state index contributed by atoms with van der Waals surface area (Å²) in [6.07, 6.45) is 2.14. The average molecular weight is 375 g/mol. The monoisotopic (exact) mass is 375 g/mol. The molecule has 0 radical (unpaired) electrons. The van der Waals surface area contributed by atoms with E-state index in [4.69, 9.17) is 0 Å². The Morgan fingerprint density at radius 3 is 2.65 bits per heavy atom. The lowest BCUT2D eigenvalue weighted by Gasteiger charge is -2.49. The third-order valence-corrected chi connectivity index (χ3v) is 8.23. The number of fused-ring (bicyclic) bond motifs is 1. The second kappa shape index (κ2) is 5.57. The van der Waals surface area contributed by atoms with E-state index in [1.165, 1.54) is 9.80 Å². The fourth-order valence-corrected chi connectivity index (χ4v) is 6.46. The molecule has 0 bridgehead atoms. The van der Waals surface area contributed by atoms with Crippen LogP contribution in [0, 0.1) is 5.92 Å². The Hall–Kier alpha value is -2.35. The summed E-state index contributed by atoms with van der Waals surface area (Å²) < 4.78 is 24.1. The van der Waals surface area contributed by atoms with Crippen molar-refractivity contribution in [2.24, 2.45) is 5.92 Å². The van der Waals surface area contributed by atoms with E-state index < -0.39 is 20.5 Å². The number of carbonyl (C=O) groups is 2. The van der Waals surface area contributed by atoms with Gasteiger partial charge in [0, 0.05) is 49.8 Å². The zero-order valence-corrected chi connectivity index (χ0v) is 15.5. The van der Waals surface area contributed by atoms with Gasteiger partial charge in [-0.25, -0.2) is 8.42 Å². The third-order valence-electron chi connectivity index (χ3n) is 5.67. The highest BCUT2D eigenvalue weighted by molar-refractivity contribution is 7.93. The SMILES string of the molecule is CN(C)C(=O)C1CCS(=O)(=O)C12CN(C(=O)c1ccc3[nH]ccc3c1)C2. The summed E-state index contributed by atoms with van der Waals surface area (Å²) in [6, 6.07) is 7.25. The molecule has 1 aromatic heterocycles. The van der Waals surface area contributed by atoms with Crippen LogP contribution < -0.4 is 0 Å². The van der Waals surface area contributed by atoms with E-state index in [-0.39, 0.29) is 30.7 Å². The van der Waals surface area contributed by atoms with Gasteiger partial charge in [-0.3, -0.25) is 9.59 Å². The Bertz CT molecular complexity index is 1000. The zero-order valence-electron chi connectivity index (χ0n) is 14.7. The molecule has 26 heavy (non-hydrogen) atoms. The molecule has 0 aliphatic carbocycles. The van der Waals surface area contributed by atoms with Crippen LogP contribution in [0.1, 0.15) is 16.8 Å². The first-order valence-electron chi connectivity index (χ1n) is 8.55. The zero-order chi connectivity index (χ0) is 18.7. The molecule has 3 heterocycles. The Balaban J connectivity index is 1.59. The maximum atomic E-state index is 12.8. The van der Waals surface area contributed by atoms with Crippen LogP contribution in [0.2, 0.25) is 0 Å². The number of H-pyrrole nitrogens is 1. The summed E-state index contributed by atoms with van der Waals surface area (Å²) in [5, 5.41) is 0.931. The number of sulfone groups is 1. The van der Waals surface area contributed by atoms with Crippen molar-refractivity contribution in [3.63, 3.8) is 0 Å². The second-order valence-corrected chi connectivity index (χ2v) is 9.85. The molecule has 138 valence electrons. The number of aromatic amines is 1. The number of likely N-dealkylation sites (tertiary alicyclic amines) is 1. The Morgan fingerprint density at radius 1 is 1.23 bits per heavy atom. The number of nitrogens with zero attached hydrogens (tertiary/aromatic N) is 2. The molecular formula is C18H21N3O4S. The fraction of sp³-hybridized carbons (Fsp3) is 0.444. The predicted molar refractivity (Wildman–Crippen MR) is 97.5 cm³/mol. The highest BCUT2D eigenvalue weighted by Gasteiger charge is 2.64. The maximum absolute atomic E-state index is 12.8. The van der Waals surface area contributed by atoms with Crippen molar-refractivity contribution in [3.8, 4) is 0 Å². The standard InChI is InChI=1S/C18H21N3O4S/c1-20(2)17(23)14-6-8-26(24,25)18(14)10-21(11-18)16(22)13-3-4-15-12(9-13)5-7-19-15/h3-5,7,9,14,19H,6,8,10-11H2,1-2H3. The Morgan fingerprint density at radius 2 is 1.96 bits per heavy atom. The van der Waals surface area contributed by atoms with Gasteiger partial charge in [-0.1, -0.05) is 0 Å². The summed E-state index contributed by atoms with van der Waals surface area (Å²) in [6.45, 7) is 0.174. The highest BCUT2D eigenvalue weighted by Crippen LogP contribution is 2.45. The van der Waals surface area contributed by atoms with Crippen LogP contribution in [0.3, 0.4) is 0 Å². The van der Waals surface area contributed by atoms with Crippen molar-refractivity contribution < 1.29 is 18.0 Å². The molecule has 8 heteroatoms. The largest absolute Gasteiger partial charge is 0.361 e. The van der Waals surface area contributed by atoms with Gasteiger partial charge in [0.25, 0.3) is 5.91 Å². The number of hydrogen-bond acceptors (Lipinski definition) is 4. The summed E-state index contributed by atoms with van der Waals surface area (Å²) in [5.74, 6) is -0.934. The predicted octanol–water partition coefficient (Wildman–Crippen LogP) is 0.885. The molecule has 7 nitrogen and oxygen atoms in total. The van der Waals surface area contributed by atoms with E-state index in [0.717, 1.165) is 10.9 Å². The van der Waals surface area contributed by atoms with E-state index in [0.29, 0.717) is 12.0 Å². The summed E-state index contributed by atoms with van der Waals surface area (Å²) >= 11 is 0. The van der Waals surface area contributed by atoms with Crippen molar-refractivity contribution >= 4 is 32.6 Å². The van der Waals surface area contributed by atoms with Crippen LogP contribution in [0.5, 0.6) is 0 Å². The lowest BCUT2D eigenvalue weighted by molar-refractivity contribution is -0.135. The first kappa shape index (κ1) is 17.1. The number of hydrogen-bond donors (Lipinski definition) is 1. The van der Waals surface area contributed by atoms with Gasteiger partial charge in [0.15, 0.2) is 9.84 Å². The van der Waals surface area contributed by atoms with Crippen LogP contribution in [0.4, 0.5) is 0 Å². The minimum absolute atomic E-state index is 0.00852. The van der Waals surface area contributed by atoms with Gasteiger partial charge in [-0.05, 0) is 30.7 Å². The summed E-state index contributed by atoms with van der Waals surface area (Å²) in [5.41, 5.74) is 1.47. The van der Waals surface area contributed by atoms with Gasteiger partial charge in [-0.15, -0.1) is 0 Å². The lowest BCUT2D eigenvalue weighted by atomic mass is 9.82. The Labute approximate surface area is 151 Å². The van der Waals surface area contributed by atoms with Gasteiger partial charge in [0.2, 0.25) is 5.91 Å². The quantitative estimate of drug-likeness (QED) is 0.844. The number of aromatic nitrogens is 1. The van der Waals surface area contributed by atoms with E-state index in [9.17, 15) is 18.0 Å². The van der Waals surface area contributed by atoms with Gasteiger partial charge in [0.1, 0.15) is 4.75 Å². The number of nitrogens with one attached hydrogen (secondary N) is 1. The molecule has 1 spiro atoms. The molecule has 1 atom stereocenters. The molecule has 2 aromatic rings. The first-order valence-corrected chi connectivity index (χ1v) is 10.2. The van der Waals surface area contributed by atoms with Crippen molar-refractivity contribution in [2.45, 2.75) is 11.2 Å². The summed E-state index contributed by atoms with van der Waals surface area (Å²) in [4.78, 5) is 31.3. The minimum atomic E-state index is -3.40. The normalized spacial score (nSPS) is 23.2. The van der Waals surface area contributed by atoms with Crippen molar-refractivity contribution in [3.05, 3.63) is 36.0 Å². The molecule has 2 fully saturated rings. The van der Waals surface area contributed by atoms with Crippen LogP contribution in [0.15, 0.2) is 30.5 Å². The topological polar surface area (TPSA) is 90.6 Å². The van der Waals surface area contributed by atoms with E-state index in [1.807, 2.05) is 12.1 Å². The minimum Gasteiger partial charge on any atom is -0.361 e. The van der Waals surface area contributed by atoms with Crippen LogP contribution in [0.25, 0.3) is 10.9 Å². The third kappa shape index (κ3) is 2.28. The molecular weight excluding hydrogens is 354 g/mol. The molecule has 0 saturated carbocycles. The average Bonchev–Trinajstić information content (AvgIpc) is 3.12. The highest BCUT2D eigenvalue weighted by atomic mass is 32.2. The number of rotatable bonds is 2. The molecule has 4 rings (SSSR count). The van der Waals surface area contributed by atoms with Gasteiger partial charge in [0.05, 0.1) is 11.7 Å². The summed E-state index contributed by atoms with van der Waals surface area (Å²) in [7, 11) is -0.131. The first-order chi connectivity index (χ1) is 12.2. The van der Waals surface area contributed by atoms with Crippen LogP contribution in [-0.2, 0) is 14.6 Å². The molecule has 2 aliphatic rings. The van der Waals surface area contributed by atoms with Crippen molar-refractivity contribution in [1.29, 1.82) is 0 Å². The van der Waals surface area contributed by atoms with Crippen molar-refractivity contribution in [1.82, 2.24) is 14.8 Å².